The van der Waals surface area contributed by atoms with E-state index in [0.29, 0.717) is 18.7 Å². The van der Waals surface area contributed by atoms with Gasteiger partial charge in [0.05, 0.1) is 0 Å². The summed E-state index contributed by atoms with van der Waals surface area (Å²) in [6.45, 7) is 5.74. The van der Waals surface area contributed by atoms with E-state index in [1.165, 1.54) is 4.90 Å². The molecule has 1 N–H and O–H groups in total. The first-order valence-electron chi connectivity index (χ1n) is 9.10. The zero-order chi connectivity index (χ0) is 18.7. The van der Waals surface area contributed by atoms with Crippen molar-refractivity contribution in [1.29, 1.82) is 0 Å². The first-order valence-corrected chi connectivity index (χ1v) is 9.10. The van der Waals surface area contributed by atoms with Crippen LogP contribution in [-0.2, 0) is 9.59 Å². The second kappa shape index (κ2) is 7.32. The van der Waals surface area contributed by atoms with Crippen molar-refractivity contribution in [2.24, 2.45) is 5.92 Å². The van der Waals surface area contributed by atoms with E-state index in [4.69, 9.17) is 0 Å². The van der Waals surface area contributed by atoms with Gasteiger partial charge in [-0.05, 0) is 30.9 Å². The summed E-state index contributed by atoms with van der Waals surface area (Å²) in [5.74, 6) is -0.499. The Morgan fingerprint density at radius 1 is 1.35 bits per heavy atom. The Morgan fingerprint density at radius 3 is 2.73 bits per heavy atom. The number of nitrogens with one attached hydrogen (secondary N) is 1. The third-order valence-electron chi connectivity index (χ3n) is 5.48. The highest BCUT2D eigenvalue weighted by Crippen LogP contribution is 2.38. The number of carbonyl (C=O) groups is 3. The summed E-state index contributed by atoms with van der Waals surface area (Å²) in [7, 11) is 0. The highest BCUT2D eigenvalue weighted by atomic mass is 16.2. The molecule has 1 heterocycles. The van der Waals surface area contributed by atoms with Gasteiger partial charge in [0.15, 0.2) is 0 Å². The number of imide groups is 1. The molecule has 0 unspecified atom stereocenters. The number of nitrogens with zero attached hydrogens (tertiary/aromatic N) is 2. The number of urea groups is 1. The molecule has 138 valence electrons. The molecular weight excluding hydrogens is 330 g/mol. The summed E-state index contributed by atoms with van der Waals surface area (Å²) in [6, 6.07) is 8.71. The Hall–Kier alpha value is -2.63. The van der Waals surface area contributed by atoms with Gasteiger partial charge >= 0.3 is 6.03 Å². The molecule has 2 atom stereocenters. The molecule has 1 aliphatic carbocycles. The average Bonchev–Trinajstić information content (AvgIpc) is 2.88. The number of hydrogen-bond acceptors (Lipinski definition) is 3. The van der Waals surface area contributed by atoms with Crippen LogP contribution in [0.4, 0.5) is 10.5 Å². The fraction of sp³-hybridized carbons (Fsp3) is 0.450. The van der Waals surface area contributed by atoms with Crippen LogP contribution in [0.25, 0.3) is 0 Å². The van der Waals surface area contributed by atoms with E-state index < -0.39 is 11.6 Å². The van der Waals surface area contributed by atoms with Crippen molar-refractivity contribution < 1.29 is 14.4 Å². The van der Waals surface area contributed by atoms with Crippen LogP contribution < -0.4 is 10.2 Å². The first-order chi connectivity index (χ1) is 12.5. The summed E-state index contributed by atoms with van der Waals surface area (Å²) in [5, 5.41) is 2.88. The van der Waals surface area contributed by atoms with Crippen LogP contribution in [0.2, 0.25) is 0 Å². The lowest BCUT2D eigenvalue weighted by Gasteiger charge is -2.36. The summed E-state index contributed by atoms with van der Waals surface area (Å²) < 4.78 is 0. The van der Waals surface area contributed by atoms with Gasteiger partial charge in [0.25, 0.3) is 5.91 Å². The van der Waals surface area contributed by atoms with Crippen LogP contribution in [0, 0.1) is 5.92 Å². The molecule has 3 rings (SSSR count). The second-order valence-corrected chi connectivity index (χ2v) is 7.07. The number of rotatable bonds is 5. The lowest BCUT2D eigenvalue weighted by atomic mass is 9.73. The van der Waals surface area contributed by atoms with Gasteiger partial charge in [0.2, 0.25) is 5.91 Å². The third-order valence-corrected chi connectivity index (χ3v) is 5.48. The minimum Gasteiger partial charge on any atom is -0.323 e. The number of carbonyl (C=O) groups excluding carboxylic acids is 3. The normalized spacial score (nSPS) is 25.3. The number of benzene rings is 1. The highest BCUT2D eigenvalue weighted by molar-refractivity contribution is 6.10. The van der Waals surface area contributed by atoms with Crippen molar-refractivity contribution in [3.63, 3.8) is 0 Å². The molecule has 0 aromatic heterocycles. The zero-order valence-corrected chi connectivity index (χ0v) is 15.1. The Kier molecular flexibility index (Phi) is 5.11. The molecule has 1 aromatic carbocycles. The SMILES string of the molecule is C=CCN(C(=O)CN1C(=O)N[C@@]2(CCCC[C@@H]2C)C1=O)c1ccccc1. The predicted molar refractivity (Wildman–Crippen MR) is 99.6 cm³/mol. The zero-order valence-electron chi connectivity index (χ0n) is 15.1. The van der Waals surface area contributed by atoms with Crippen molar-refractivity contribution >= 4 is 23.5 Å². The number of hydrogen-bond donors (Lipinski definition) is 1. The van der Waals surface area contributed by atoms with Gasteiger partial charge in [-0.2, -0.15) is 0 Å². The molecule has 1 aromatic rings. The van der Waals surface area contributed by atoms with E-state index in [2.05, 4.69) is 11.9 Å². The fourth-order valence-electron chi connectivity index (χ4n) is 3.95. The second-order valence-electron chi connectivity index (χ2n) is 7.07. The van der Waals surface area contributed by atoms with Crippen LogP contribution in [0.1, 0.15) is 32.6 Å². The largest absolute Gasteiger partial charge is 0.325 e. The van der Waals surface area contributed by atoms with Gasteiger partial charge in [-0.15, -0.1) is 6.58 Å². The van der Waals surface area contributed by atoms with Gasteiger partial charge < -0.3 is 10.2 Å². The minimum absolute atomic E-state index is 0.0752. The molecule has 2 fully saturated rings. The minimum atomic E-state index is -0.842. The number of amides is 4. The molecule has 1 spiro atoms. The topological polar surface area (TPSA) is 69.7 Å². The van der Waals surface area contributed by atoms with Gasteiger partial charge in [0, 0.05) is 12.2 Å². The first kappa shape index (κ1) is 18.2. The monoisotopic (exact) mass is 355 g/mol. The van der Waals surface area contributed by atoms with E-state index in [9.17, 15) is 14.4 Å². The lowest BCUT2D eigenvalue weighted by Crippen LogP contribution is -2.54. The van der Waals surface area contributed by atoms with Crippen molar-refractivity contribution in [2.45, 2.75) is 38.1 Å². The van der Waals surface area contributed by atoms with E-state index in [-0.39, 0.29) is 24.3 Å². The van der Waals surface area contributed by atoms with Crippen LogP contribution in [0.3, 0.4) is 0 Å². The van der Waals surface area contributed by atoms with Gasteiger partial charge in [-0.25, -0.2) is 4.79 Å². The van der Waals surface area contributed by atoms with E-state index in [1.54, 1.807) is 6.08 Å². The summed E-state index contributed by atoms with van der Waals surface area (Å²) in [6.07, 6.45) is 5.14. The Balaban J connectivity index is 1.79. The molecule has 26 heavy (non-hydrogen) atoms. The van der Waals surface area contributed by atoms with E-state index in [0.717, 1.165) is 24.2 Å². The van der Waals surface area contributed by atoms with Crippen molar-refractivity contribution in [3.05, 3.63) is 43.0 Å². The van der Waals surface area contributed by atoms with Gasteiger partial charge in [0.1, 0.15) is 12.1 Å². The van der Waals surface area contributed by atoms with Crippen LogP contribution in [0.15, 0.2) is 43.0 Å². The van der Waals surface area contributed by atoms with Crippen molar-refractivity contribution in [3.8, 4) is 0 Å². The molecule has 1 saturated heterocycles. The quantitative estimate of drug-likeness (QED) is 0.652. The van der Waals surface area contributed by atoms with Gasteiger partial charge in [-0.3, -0.25) is 14.5 Å². The van der Waals surface area contributed by atoms with Crippen molar-refractivity contribution in [1.82, 2.24) is 10.2 Å². The molecule has 1 aliphatic heterocycles. The molecule has 2 aliphatic rings. The smallest absolute Gasteiger partial charge is 0.323 e. The van der Waals surface area contributed by atoms with Crippen LogP contribution in [-0.4, -0.2) is 41.4 Å². The van der Waals surface area contributed by atoms with Crippen LogP contribution >= 0.6 is 0 Å². The molecule has 4 amide bonds. The average molecular weight is 355 g/mol. The maximum Gasteiger partial charge on any atom is 0.325 e. The summed E-state index contributed by atoms with van der Waals surface area (Å²) >= 11 is 0. The molecule has 0 bridgehead atoms. The van der Waals surface area contributed by atoms with E-state index in [1.807, 2.05) is 37.3 Å². The molecule has 1 saturated carbocycles. The maximum absolute atomic E-state index is 13.0. The fourth-order valence-corrected chi connectivity index (χ4v) is 3.95. The molecular formula is C20H25N3O3. The Morgan fingerprint density at radius 2 is 2.08 bits per heavy atom. The maximum atomic E-state index is 13.0. The summed E-state index contributed by atoms with van der Waals surface area (Å²) in [5.41, 5.74) is -0.128. The standard InChI is InChI=1S/C20H25N3O3/c1-3-13-22(16-10-5-4-6-11-16)17(24)14-23-18(25)20(21-19(23)26)12-8-7-9-15(20)2/h3-6,10-11,15H,1,7-9,12-14H2,2H3,(H,21,26)/t15-,20+/m0/s1. The number of anilines is 1. The number of para-hydroxylation sites is 1. The van der Waals surface area contributed by atoms with E-state index >= 15 is 0 Å². The van der Waals surface area contributed by atoms with Crippen LogP contribution in [0.5, 0.6) is 0 Å². The van der Waals surface area contributed by atoms with Crippen molar-refractivity contribution in [2.75, 3.05) is 18.0 Å². The highest BCUT2D eigenvalue weighted by Gasteiger charge is 2.55. The lowest BCUT2D eigenvalue weighted by molar-refractivity contribution is -0.136. The molecule has 6 heteroatoms. The third kappa shape index (κ3) is 3.11. The Labute approximate surface area is 153 Å². The predicted octanol–water partition coefficient (Wildman–Crippen LogP) is 2.71. The molecule has 0 radical (unpaired) electrons. The molecule has 6 nitrogen and oxygen atoms in total. The summed E-state index contributed by atoms with van der Waals surface area (Å²) in [4.78, 5) is 40.9. The van der Waals surface area contributed by atoms with Gasteiger partial charge in [-0.1, -0.05) is 44.0 Å². The Bertz CT molecular complexity index is 718.